The minimum atomic E-state index is -0.659. The molecule has 0 aromatic carbocycles. The first-order valence-corrected chi connectivity index (χ1v) is 10.8. The number of aryl methyl sites for hydroxylation is 1. The maximum absolute atomic E-state index is 13.2. The number of pyridine rings is 1. The maximum atomic E-state index is 13.2. The molecule has 0 bridgehead atoms. The fourth-order valence-electron chi connectivity index (χ4n) is 4.25. The van der Waals surface area contributed by atoms with Gasteiger partial charge in [-0.05, 0) is 58.2 Å². The monoisotopic (exact) mass is 411 g/mol. The number of amides is 1. The molecular formula is C23H33N5O2. The van der Waals surface area contributed by atoms with Gasteiger partial charge in [0.05, 0.1) is 11.6 Å². The molecule has 2 atom stereocenters. The van der Waals surface area contributed by atoms with Crippen LogP contribution in [0.1, 0.15) is 55.3 Å². The van der Waals surface area contributed by atoms with Crippen LogP contribution in [-0.2, 0) is 11.8 Å². The van der Waals surface area contributed by atoms with Crippen LogP contribution in [0.25, 0.3) is 0 Å². The highest BCUT2D eigenvalue weighted by Crippen LogP contribution is 2.43. The Hall–Kier alpha value is -2.41. The van der Waals surface area contributed by atoms with E-state index in [2.05, 4.69) is 40.3 Å². The summed E-state index contributed by atoms with van der Waals surface area (Å²) in [6.07, 6.45) is 6.07. The molecule has 1 N–H and O–H groups in total. The Morgan fingerprint density at radius 1 is 1.27 bits per heavy atom. The molecule has 2 aromatic heterocycles. The van der Waals surface area contributed by atoms with Gasteiger partial charge in [-0.25, -0.2) is 4.98 Å². The van der Waals surface area contributed by atoms with Crippen LogP contribution in [0.2, 0.25) is 0 Å². The molecule has 2 fully saturated rings. The Labute approximate surface area is 178 Å². The first-order chi connectivity index (χ1) is 14.3. The van der Waals surface area contributed by atoms with Crippen LogP contribution in [0, 0.1) is 12.3 Å². The molecule has 7 heteroatoms. The molecule has 1 aliphatic carbocycles. The van der Waals surface area contributed by atoms with Gasteiger partial charge in [0.15, 0.2) is 0 Å². The van der Waals surface area contributed by atoms with Crippen molar-refractivity contribution in [2.75, 3.05) is 26.7 Å². The van der Waals surface area contributed by atoms with E-state index in [0.717, 1.165) is 18.8 Å². The summed E-state index contributed by atoms with van der Waals surface area (Å²) in [5.74, 6) is 1.48. The van der Waals surface area contributed by atoms with Crippen LogP contribution in [-0.4, -0.2) is 58.4 Å². The molecule has 2 unspecified atom stereocenters. The van der Waals surface area contributed by atoms with Gasteiger partial charge in [-0.15, -0.1) is 0 Å². The maximum Gasteiger partial charge on any atom is 0.229 e. The van der Waals surface area contributed by atoms with Crippen molar-refractivity contribution in [2.45, 2.75) is 51.5 Å². The fourth-order valence-corrected chi connectivity index (χ4v) is 4.25. The smallest absolute Gasteiger partial charge is 0.229 e. The van der Waals surface area contributed by atoms with Crippen molar-refractivity contribution in [2.24, 2.45) is 12.5 Å². The predicted molar refractivity (Wildman–Crippen MR) is 116 cm³/mol. The van der Waals surface area contributed by atoms with Crippen molar-refractivity contribution >= 4 is 5.91 Å². The number of likely N-dealkylation sites (N-methyl/N-ethyl adjacent to an activating group) is 1. The van der Waals surface area contributed by atoms with Crippen molar-refractivity contribution in [3.05, 3.63) is 41.3 Å². The first-order valence-electron chi connectivity index (χ1n) is 10.8. The predicted octanol–water partition coefficient (Wildman–Crippen LogP) is 2.62. The largest absolute Gasteiger partial charge is 0.476 e. The van der Waals surface area contributed by atoms with Crippen LogP contribution in [0.3, 0.4) is 0 Å². The molecule has 0 radical (unpaired) electrons. The lowest BCUT2D eigenvalue weighted by atomic mass is 9.90. The molecule has 2 aromatic rings. The lowest BCUT2D eigenvalue weighted by Gasteiger charge is -2.28. The van der Waals surface area contributed by atoms with Gasteiger partial charge in [0.1, 0.15) is 6.61 Å². The van der Waals surface area contributed by atoms with E-state index in [4.69, 9.17) is 4.74 Å². The van der Waals surface area contributed by atoms with E-state index < -0.39 is 5.41 Å². The molecule has 1 saturated heterocycles. The summed E-state index contributed by atoms with van der Waals surface area (Å²) in [5, 5.41) is 7.70. The number of likely N-dealkylation sites (tertiary alicyclic amines) is 1. The molecule has 3 heterocycles. The van der Waals surface area contributed by atoms with Crippen LogP contribution >= 0.6 is 0 Å². The number of hydrogen-bond acceptors (Lipinski definition) is 5. The highest BCUT2D eigenvalue weighted by atomic mass is 16.5. The quantitative estimate of drug-likeness (QED) is 0.758. The molecule has 162 valence electrons. The summed E-state index contributed by atoms with van der Waals surface area (Å²) in [7, 11) is 4.05. The second-order valence-corrected chi connectivity index (χ2v) is 9.56. The number of carbonyl (C=O) groups excluding carboxylic acids is 1. The Kier molecular flexibility index (Phi) is 5.57. The fraction of sp³-hybridized carbons (Fsp3) is 0.609. The van der Waals surface area contributed by atoms with Gasteiger partial charge in [-0.1, -0.05) is 6.07 Å². The highest BCUT2D eigenvalue weighted by Gasteiger charge is 2.38. The summed E-state index contributed by atoms with van der Waals surface area (Å²) in [5.41, 5.74) is 2.87. The SMILES string of the molecule is Cc1c(C2CN(C)CC2NC(=O)C(C)(C)COc2ncccc2C2CC2)cnn1C. The summed E-state index contributed by atoms with van der Waals surface area (Å²) in [6, 6.07) is 4.10. The lowest BCUT2D eigenvalue weighted by Crippen LogP contribution is -2.48. The normalized spacial score (nSPS) is 22.3. The number of nitrogens with zero attached hydrogens (tertiary/aromatic N) is 4. The van der Waals surface area contributed by atoms with Crippen LogP contribution in [0.5, 0.6) is 5.88 Å². The standard InChI is InChI=1S/C23H33N5O2/c1-15-18(11-25-28(15)5)19-12-27(4)13-20(19)26-22(29)23(2,3)14-30-21-17(16-8-9-16)7-6-10-24-21/h6-7,10-11,16,19-20H,8-9,12-14H2,1-5H3,(H,26,29). The highest BCUT2D eigenvalue weighted by molar-refractivity contribution is 5.82. The van der Waals surface area contributed by atoms with Crippen molar-refractivity contribution in [3.63, 3.8) is 0 Å². The minimum Gasteiger partial charge on any atom is -0.476 e. The van der Waals surface area contributed by atoms with E-state index in [1.807, 2.05) is 37.8 Å². The summed E-state index contributed by atoms with van der Waals surface area (Å²) in [4.78, 5) is 19.9. The third-order valence-electron chi connectivity index (χ3n) is 6.49. The van der Waals surface area contributed by atoms with Crippen LogP contribution in [0.4, 0.5) is 0 Å². The number of hydrogen-bond donors (Lipinski definition) is 1. The second-order valence-electron chi connectivity index (χ2n) is 9.56. The second kappa shape index (κ2) is 8.02. The molecule has 4 rings (SSSR count). The van der Waals surface area contributed by atoms with E-state index in [-0.39, 0.29) is 17.9 Å². The van der Waals surface area contributed by atoms with Gasteiger partial charge in [-0.2, -0.15) is 5.10 Å². The lowest BCUT2D eigenvalue weighted by molar-refractivity contribution is -0.131. The summed E-state index contributed by atoms with van der Waals surface area (Å²) >= 11 is 0. The summed E-state index contributed by atoms with van der Waals surface area (Å²) in [6.45, 7) is 7.99. The Bertz CT molecular complexity index is 918. The van der Waals surface area contributed by atoms with E-state index in [9.17, 15) is 4.79 Å². The molecule has 30 heavy (non-hydrogen) atoms. The van der Waals surface area contributed by atoms with Gasteiger partial charge in [-0.3, -0.25) is 9.48 Å². The number of rotatable bonds is 7. The third kappa shape index (κ3) is 4.21. The average molecular weight is 412 g/mol. The molecule has 0 spiro atoms. The number of aromatic nitrogens is 3. The Morgan fingerprint density at radius 2 is 2.03 bits per heavy atom. The van der Waals surface area contributed by atoms with Gasteiger partial charge in [0, 0.05) is 49.6 Å². The Morgan fingerprint density at radius 3 is 2.70 bits per heavy atom. The molecule has 1 aliphatic heterocycles. The summed E-state index contributed by atoms with van der Waals surface area (Å²) < 4.78 is 7.95. The van der Waals surface area contributed by atoms with Gasteiger partial charge in [0.25, 0.3) is 0 Å². The number of nitrogens with one attached hydrogen (secondary N) is 1. The van der Waals surface area contributed by atoms with Crippen LogP contribution < -0.4 is 10.1 Å². The van der Waals surface area contributed by atoms with Crippen molar-refractivity contribution in [1.82, 2.24) is 25.0 Å². The topological polar surface area (TPSA) is 72.3 Å². The molecule has 7 nitrogen and oxygen atoms in total. The van der Waals surface area contributed by atoms with Gasteiger partial charge >= 0.3 is 0 Å². The Balaban J connectivity index is 1.42. The van der Waals surface area contributed by atoms with E-state index in [1.165, 1.54) is 24.0 Å². The minimum absolute atomic E-state index is 0.0123. The zero-order valence-electron chi connectivity index (χ0n) is 18.7. The van der Waals surface area contributed by atoms with E-state index in [0.29, 0.717) is 18.4 Å². The van der Waals surface area contributed by atoms with Gasteiger partial charge < -0.3 is 15.0 Å². The zero-order valence-corrected chi connectivity index (χ0v) is 18.7. The molecule has 1 saturated carbocycles. The van der Waals surface area contributed by atoms with Crippen molar-refractivity contribution in [1.29, 1.82) is 0 Å². The average Bonchev–Trinajstić information content (AvgIpc) is 3.42. The molecule has 1 amide bonds. The first kappa shape index (κ1) is 20.8. The number of ether oxygens (including phenoxy) is 1. The zero-order chi connectivity index (χ0) is 21.5. The molecule has 2 aliphatic rings. The van der Waals surface area contributed by atoms with Crippen molar-refractivity contribution in [3.8, 4) is 5.88 Å². The number of carbonyl (C=O) groups is 1. The van der Waals surface area contributed by atoms with Crippen LogP contribution in [0.15, 0.2) is 24.5 Å². The third-order valence-corrected chi connectivity index (χ3v) is 6.49. The van der Waals surface area contributed by atoms with Gasteiger partial charge in [0.2, 0.25) is 11.8 Å². The molecular weight excluding hydrogens is 378 g/mol. The van der Waals surface area contributed by atoms with E-state index >= 15 is 0 Å². The van der Waals surface area contributed by atoms with Crippen molar-refractivity contribution < 1.29 is 9.53 Å². The van der Waals surface area contributed by atoms with E-state index in [1.54, 1.807) is 6.20 Å².